The summed E-state index contributed by atoms with van der Waals surface area (Å²) in [6.45, 7) is 0. The maximum atomic E-state index is 14.4. The predicted octanol–water partition coefficient (Wildman–Crippen LogP) is 7.97. The van der Waals surface area contributed by atoms with Crippen molar-refractivity contribution in [3.63, 3.8) is 0 Å². The molecule has 30 heavy (non-hydrogen) atoms. The number of halogens is 1. The summed E-state index contributed by atoms with van der Waals surface area (Å²) in [7, 11) is 0. The summed E-state index contributed by atoms with van der Waals surface area (Å²) in [5, 5.41) is 8.66. The van der Waals surface area contributed by atoms with Gasteiger partial charge in [0.2, 0.25) is 0 Å². The maximum absolute atomic E-state index is 14.4. The number of hydrogen-bond donors (Lipinski definition) is 0. The Morgan fingerprint density at radius 2 is 1.43 bits per heavy atom. The Labute approximate surface area is 176 Å². The summed E-state index contributed by atoms with van der Waals surface area (Å²) in [6, 6.07) is 26.5. The van der Waals surface area contributed by atoms with Crippen LogP contribution in [0.4, 0.5) is 4.39 Å². The van der Waals surface area contributed by atoms with Crippen molar-refractivity contribution in [3.05, 3.63) is 90.9 Å². The van der Waals surface area contributed by atoms with Gasteiger partial charge in [0.25, 0.3) is 0 Å². The van der Waals surface area contributed by atoms with Crippen molar-refractivity contribution in [2.24, 2.45) is 0 Å². The third kappa shape index (κ3) is 2.10. The third-order valence-corrected chi connectivity index (χ3v) is 7.24. The standard InChI is InChI=1S/C27H14FNS/c28-23-7-3-6-17-19(23)9-8-18-20-10-11-29-27-22-12-15-4-1-2-5-16(15)13-24(22)30-25(26(20)27)14-21(17)18/h1-14H. The van der Waals surface area contributed by atoms with Crippen molar-refractivity contribution in [1.82, 2.24) is 4.98 Å². The van der Waals surface area contributed by atoms with Crippen LogP contribution in [0, 0.1) is 5.82 Å². The molecule has 7 rings (SSSR count). The Morgan fingerprint density at radius 3 is 2.33 bits per heavy atom. The van der Waals surface area contributed by atoms with Crippen LogP contribution >= 0.6 is 11.8 Å². The molecule has 0 aliphatic carbocycles. The minimum Gasteiger partial charge on any atom is -0.256 e. The second-order valence-corrected chi connectivity index (χ2v) is 8.83. The van der Waals surface area contributed by atoms with Crippen molar-refractivity contribution in [1.29, 1.82) is 0 Å². The first-order valence-corrected chi connectivity index (χ1v) is 10.7. The fourth-order valence-electron chi connectivity index (χ4n) is 4.76. The van der Waals surface area contributed by atoms with Gasteiger partial charge in [0.1, 0.15) is 5.82 Å². The number of hydrogen-bond acceptors (Lipinski definition) is 2. The lowest BCUT2D eigenvalue weighted by Gasteiger charge is -2.21. The molecular formula is C27H14FNS. The van der Waals surface area contributed by atoms with Gasteiger partial charge in [0, 0.05) is 32.3 Å². The summed E-state index contributed by atoms with van der Waals surface area (Å²) < 4.78 is 14.4. The lowest BCUT2D eigenvalue weighted by atomic mass is 9.94. The molecule has 0 fully saturated rings. The first-order chi connectivity index (χ1) is 14.8. The highest BCUT2D eigenvalue weighted by molar-refractivity contribution is 7.99. The summed E-state index contributed by atoms with van der Waals surface area (Å²) >= 11 is 1.78. The molecule has 5 aromatic carbocycles. The van der Waals surface area contributed by atoms with Gasteiger partial charge in [-0.15, -0.1) is 0 Å². The van der Waals surface area contributed by atoms with E-state index in [-0.39, 0.29) is 5.82 Å². The van der Waals surface area contributed by atoms with Crippen LogP contribution in [0.25, 0.3) is 54.3 Å². The van der Waals surface area contributed by atoms with E-state index >= 15 is 0 Å². The first-order valence-electron chi connectivity index (χ1n) is 9.92. The van der Waals surface area contributed by atoms with Crippen molar-refractivity contribution in [2.45, 2.75) is 9.79 Å². The fraction of sp³-hybridized carbons (Fsp3) is 0. The molecule has 0 unspecified atom stereocenters. The molecule has 0 amide bonds. The van der Waals surface area contributed by atoms with Crippen molar-refractivity contribution >= 4 is 54.9 Å². The Balaban J connectivity index is 1.65. The Hall–Kier alpha value is -3.43. The minimum absolute atomic E-state index is 0.178. The van der Waals surface area contributed by atoms with Crippen LogP contribution in [0.5, 0.6) is 0 Å². The number of pyridine rings is 1. The van der Waals surface area contributed by atoms with E-state index in [4.69, 9.17) is 4.98 Å². The van der Waals surface area contributed by atoms with Gasteiger partial charge in [0.15, 0.2) is 0 Å². The molecule has 0 atom stereocenters. The molecule has 2 heterocycles. The summed E-state index contributed by atoms with van der Waals surface area (Å²) in [6.07, 6.45) is 1.89. The largest absolute Gasteiger partial charge is 0.256 e. The molecule has 1 aliphatic heterocycles. The number of benzene rings is 5. The van der Waals surface area contributed by atoms with Crippen LogP contribution in [0.2, 0.25) is 0 Å². The van der Waals surface area contributed by atoms with Crippen LogP contribution in [0.3, 0.4) is 0 Å². The van der Waals surface area contributed by atoms with E-state index in [0.717, 1.165) is 21.9 Å². The Bertz CT molecular complexity index is 1690. The number of aromatic nitrogens is 1. The average molecular weight is 403 g/mol. The zero-order chi connectivity index (χ0) is 19.8. The lowest BCUT2D eigenvalue weighted by Crippen LogP contribution is -1.97. The van der Waals surface area contributed by atoms with Crippen LogP contribution in [-0.4, -0.2) is 4.98 Å². The number of nitrogens with zero attached hydrogens (tertiary/aromatic N) is 1. The molecule has 0 N–H and O–H groups in total. The average Bonchev–Trinajstić information content (AvgIpc) is 2.78. The van der Waals surface area contributed by atoms with E-state index in [0.29, 0.717) is 5.39 Å². The van der Waals surface area contributed by atoms with Gasteiger partial charge in [-0.05, 0) is 62.6 Å². The highest BCUT2D eigenvalue weighted by Gasteiger charge is 2.23. The maximum Gasteiger partial charge on any atom is 0.131 e. The van der Waals surface area contributed by atoms with E-state index in [1.807, 2.05) is 24.4 Å². The SMILES string of the molecule is Fc1cccc2c1ccc1c3ccnc4c3c(cc21)Sc1cc2ccccc2cc1-4. The van der Waals surface area contributed by atoms with Crippen LogP contribution in [-0.2, 0) is 0 Å². The zero-order valence-electron chi connectivity index (χ0n) is 15.8. The van der Waals surface area contributed by atoms with Gasteiger partial charge < -0.3 is 0 Å². The Morgan fingerprint density at radius 1 is 0.633 bits per heavy atom. The lowest BCUT2D eigenvalue weighted by molar-refractivity contribution is 0.640. The fourth-order valence-corrected chi connectivity index (χ4v) is 5.94. The molecule has 3 heteroatoms. The number of rotatable bonds is 0. The van der Waals surface area contributed by atoms with Crippen molar-refractivity contribution in [2.75, 3.05) is 0 Å². The molecule has 1 aliphatic rings. The van der Waals surface area contributed by atoms with Crippen molar-refractivity contribution in [3.8, 4) is 11.3 Å². The van der Waals surface area contributed by atoms with E-state index in [1.54, 1.807) is 17.8 Å². The molecule has 140 valence electrons. The van der Waals surface area contributed by atoms with Gasteiger partial charge >= 0.3 is 0 Å². The summed E-state index contributed by atoms with van der Waals surface area (Å²) in [4.78, 5) is 7.19. The number of fused-ring (bicyclic) bond motifs is 7. The van der Waals surface area contributed by atoms with Gasteiger partial charge in [-0.1, -0.05) is 60.3 Å². The zero-order valence-corrected chi connectivity index (χ0v) is 16.6. The molecule has 1 aromatic heterocycles. The highest BCUT2D eigenvalue weighted by atomic mass is 32.2. The Kier molecular flexibility index (Phi) is 3.17. The molecule has 1 nitrogen and oxygen atoms in total. The van der Waals surface area contributed by atoms with Crippen LogP contribution in [0.1, 0.15) is 0 Å². The first kappa shape index (κ1) is 16.4. The van der Waals surface area contributed by atoms with Crippen LogP contribution in [0.15, 0.2) is 94.9 Å². The molecule has 0 bridgehead atoms. The highest BCUT2D eigenvalue weighted by Crippen LogP contribution is 2.50. The van der Waals surface area contributed by atoms with Gasteiger partial charge in [0.05, 0.1) is 5.69 Å². The van der Waals surface area contributed by atoms with Crippen molar-refractivity contribution < 1.29 is 4.39 Å². The normalized spacial score (nSPS) is 12.7. The van der Waals surface area contributed by atoms with E-state index < -0.39 is 0 Å². The second-order valence-electron chi connectivity index (χ2n) is 7.75. The smallest absolute Gasteiger partial charge is 0.131 e. The van der Waals surface area contributed by atoms with Gasteiger partial charge in [-0.2, -0.15) is 0 Å². The van der Waals surface area contributed by atoms with E-state index in [9.17, 15) is 4.39 Å². The van der Waals surface area contributed by atoms with E-state index in [2.05, 4.69) is 48.5 Å². The molecule has 6 aromatic rings. The second kappa shape index (κ2) is 5.80. The van der Waals surface area contributed by atoms with Crippen LogP contribution < -0.4 is 0 Å². The molecule has 0 saturated heterocycles. The topological polar surface area (TPSA) is 12.9 Å². The molecular weight excluding hydrogens is 389 g/mol. The monoisotopic (exact) mass is 403 g/mol. The van der Waals surface area contributed by atoms with Gasteiger partial charge in [-0.3, -0.25) is 4.98 Å². The molecule has 0 radical (unpaired) electrons. The summed E-state index contributed by atoms with van der Waals surface area (Å²) in [5.41, 5.74) is 2.21. The minimum atomic E-state index is -0.178. The summed E-state index contributed by atoms with van der Waals surface area (Å²) in [5.74, 6) is -0.178. The predicted molar refractivity (Wildman–Crippen MR) is 124 cm³/mol. The van der Waals surface area contributed by atoms with Gasteiger partial charge in [-0.25, -0.2) is 4.39 Å². The molecule has 0 saturated carbocycles. The quantitative estimate of drug-likeness (QED) is 0.238. The molecule has 0 spiro atoms. The third-order valence-electron chi connectivity index (χ3n) is 6.14. The van der Waals surface area contributed by atoms with E-state index in [1.165, 1.54) is 43.0 Å².